The monoisotopic (exact) mass is 364 g/mol. The van der Waals surface area contributed by atoms with Gasteiger partial charge in [-0.25, -0.2) is 0 Å². The molecule has 4 rings (SSSR count). The Morgan fingerprint density at radius 3 is 2.39 bits per heavy atom. The Kier molecular flexibility index (Phi) is 3.74. The molecule has 23 heavy (non-hydrogen) atoms. The summed E-state index contributed by atoms with van der Waals surface area (Å²) in [5, 5.41) is 0. The van der Waals surface area contributed by atoms with Gasteiger partial charge in [-0.15, -0.1) is 0 Å². The van der Waals surface area contributed by atoms with Crippen molar-refractivity contribution in [2.24, 2.45) is 0 Å². The maximum atomic E-state index is 4.89. The average Bonchev–Trinajstić information content (AvgIpc) is 2.96. The fraction of sp³-hybridized carbons (Fsp3) is 0.0500. The van der Waals surface area contributed by atoms with Gasteiger partial charge in [0.15, 0.2) is 0 Å². The standard InChI is InChI=1S/C20H16N2Se/c1-15-9-5-6-12-17(15)23-20-19(16-10-3-2-4-11-16)21-18-13-7-8-14-22(18)20/h2-14H,1H3. The van der Waals surface area contributed by atoms with Gasteiger partial charge in [-0.1, -0.05) is 0 Å². The third-order valence-electron chi connectivity index (χ3n) is 3.83. The molecule has 3 heteroatoms. The molecule has 2 aromatic heterocycles. The van der Waals surface area contributed by atoms with Crippen LogP contribution in [0.4, 0.5) is 0 Å². The van der Waals surface area contributed by atoms with Crippen LogP contribution in [0.2, 0.25) is 0 Å². The first kappa shape index (κ1) is 14.3. The fourth-order valence-electron chi connectivity index (χ4n) is 2.63. The van der Waals surface area contributed by atoms with E-state index in [1.54, 1.807) is 0 Å². The van der Waals surface area contributed by atoms with Gasteiger partial charge >= 0.3 is 142 Å². The van der Waals surface area contributed by atoms with Crippen LogP contribution in [0.3, 0.4) is 0 Å². The van der Waals surface area contributed by atoms with Gasteiger partial charge in [-0.3, -0.25) is 0 Å². The molecule has 0 aliphatic carbocycles. The van der Waals surface area contributed by atoms with Crippen molar-refractivity contribution in [1.29, 1.82) is 0 Å². The maximum absolute atomic E-state index is 4.89. The molecule has 0 N–H and O–H groups in total. The molecule has 0 fully saturated rings. The van der Waals surface area contributed by atoms with Crippen LogP contribution in [0.1, 0.15) is 5.56 Å². The van der Waals surface area contributed by atoms with Crippen LogP contribution in [0.25, 0.3) is 16.9 Å². The van der Waals surface area contributed by atoms with Gasteiger partial charge in [0.05, 0.1) is 0 Å². The third-order valence-corrected chi connectivity index (χ3v) is 6.48. The molecule has 2 nitrogen and oxygen atoms in total. The Labute approximate surface area is 142 Å². The zero-order valence-electron chi connectivity index (χ0n) is 12.8. The van der Waals surface area contributed by atoms with Crippen LogP contribution in [0.15, 0.2) is 79.0 Å². The molecule has 0 unspecified atom stereocenters. The molecule has 0 amide bonds. The van der Waals surface area contributed by atoms with Crippen LogP contribution in [0.5, 0.6) is 0 Å². The van der Waals surface area contributed by atoms with Crippen molar-refractivity contribution in [3.8, 4) is 11.3 Å². The van der Waals surface area contributed by atoms with Crippen LogP contribution in [-0.4, -0.2) is 24.3 Å². The number of benzene rings is 2. The van der Waals surface area contributed by atoms with Gasteiger partial charge in [0.25, 0.3) is 0 Å². The van der Waals surface area contributed by atoms with Gasteiger partial charge in [0.1, 0.15) is 0 Å². The number of pyridine rings is 1. The summed E-state index contributed by atoms with van der Waals surface area (Å²) >= 11 is 0.206. The number of hydrogen-bond acceptors (Lipinski definition) is 1. The molecule has 0 saturated heterocycles. The Morgan fingerprint density at radius 2 is 1.57 bits per heavy atom. The number of nitrogens with zero attached hydrogens (tertiary/aromatic N) is 2. The van der Waals surface area contributed by atoms with Crippen LogP contribution in [0, 0.1) is 6.92 Å². The second-order valence-corrected chi connectivity index (χ2v) is 7.59. The van der Waals surface area contributed by atoms with E-state index in [1.807, 2.05) is 12.1 Å². The topological polar surface area (TPSA) is 17.3 Å². The summed E-state index contributed by atoms with van der Waals surface area (Å²) in [6, 6.07) is 25.3. The van der Waals surface area contributed by atoms with E-state index in [4.69, 9.17) is 4.98 Å². The first-order chi connectivity index (χ1) is 11.3. The van der Waals surface area contributed by atoms with Gasteiger partial charge in [-0.2, -0.15) is 0 Å². The number of fused-ring (bicyclic) bond motifs is 1. The zero-order valence-corrected chi connectivity index (χ0v) is 14.5. The summed E-state index contributed by atoms with van der Waals surface area (Å²) in [6.07, 6.45) is 2.12. The number of aryl methyl sites for hydroxylation is 1. The molecular weight excluding hydrogens is 347 g/mol. The third kappa shape index (κ3) is 2.70. The summed E-state index contributed by atoms with van der Waals surface area (Å²) < 4.78 is 4.94. The van der Waals surface area contributed by atoms with Crippen molar-refractivity contribution in [2.45, 2.75) is 6.92 Å². The Hall–Kier alpha value is -2.35. The van der Waals surface area contributed by atoms with E-state index in [2.05, 4.69) is 78.2 Å². The van der Waals surface area contributed by atoms with Crippen molar-refractivity contribution >= 4 is 29.7 Å². The molecule has 0 atom stereocenters. The molecule has 2 heterocycles. The summed E-state index contributed by atoms with van der Waals surface area (Å²) in [5.74, 6) is 0. The molecule has 112 valence electrons. The van der Waals surface area contributed by atoms with Gasteiger partial charge < -0.3 is 0 Å². The first-order valence-electron chi connectivity index (χ1n) is 7.59. The van der Waals surface area contributed by atoms with E-state index in [9.17, 15) is 0 Å². The Bertz CT molecular complexity index is 958. The SMILES string of the molecule is Cc1ccccc1[Se]c1c(-c2ccccc2)nc2ccccn12. The summed E-state index contributed by atoms with van der Waals surface area (Å²) in [6.45, 7) is 2.18. The molecule has 0 spiro atoms. The van der Waals surface area contributed by atoms with Crippen LogP contribution < -0.4 is 9.05 Å². The van der Waals surface area contributed by atoms with E-state index in [0.717, 1.165) is 11.3 Å². The minimum absolute atomic E-state index is 0.206. The molecule has 0 aliphatic rings. The van der Waals surface area contributed by atoms with E-state index in [0.29, 0.717) is 0 Å². The van der Waals surface area contributed by atoms with Crippen molar-refractivity contribution in [3.63, 3.8) is 0 Å². The normalized spacial score (nSPS) is 11.0. The predicted molar refractivity (Wildman–Crippen MR) is 96.8 cm³/mol. The van der Waals surface area contributed by atoms with E-state index in [1.165, 1.54) is 20.2 Å². The van der Waals surface area contributed by atoms with Crippen molar-refractivity contribution in [3.05, 3.63) is 84.6 Å². The Morgan fingerprint density at radius 1 is 0.826 bits per heavy atom. The van der Waals surface area contributed by atoms with Crippen LogP contribution in [-0.2, 0) is 0 Å². The molecule has 0 aliphatic heterocycles. The summed E-state index contributed by atoms with van der Waals surface area (Å²) in [7, 11) is 0. The summed E-state index contributed by atoms with van der Waals surface area (Å²) in [5.41, 5.74) is 4.64. The number of imidazole rings is 1. The van der Waals surface area contributed by atoms with Crippen molar-refractivity contribution in [1.82, 2.24) is 9.38 Å². The van der Waals surface area contributed by atoms with E-state index >= 15 is 0 Å². The zero-order chi connectivity index (χ0) is 15.6. The second kappa shape index (κ2) is 6.04. The van der Waals surface area contributed by atoms with Gasteiger partial charge in [0, 0.05) is 0 Å². The first-order valence-corrected chi connectivity index (χ1v) is 9.30. The van der Waals surface area contributed by atoms with Gasteiger partial charge in [0.2, 0.25) is 0 Å². The molecule has 4 aromatic rings. The molecule has 0 bridgehead atoms. The minimum atomic E-state index is 0.206. The molecule has 0 radical (unpaired) electrons. The van der Waals surface area contributed by atoms with Crippen molar-refractivity contribution < 1.29 is 0 Å². The number of rotatable bonds is 3. The van der Waals surface area contributed by atoms with E-state index < -0.39 is 0 Å². The predicted octanol–water partition coefficient (Wildman–Crippen LogP) is 2.96. The molecular formula is C20H16N2Se. The fourth-order valence-corrected chi connectivity index (χ4v) is 4.93. The number of hydrogen-bond donors (Lipinski definition) is 0. The average molecular weight is 363 g/mol. The second-order valence-electron chi connectivity index (χ2n) is 5.43. The number of aromatic nitrogens is 2. The Balaban J connectivity index is 1.92. The molecule has 2 aromatic carbocycles. The van der Waals surface area contributed by atoms with E-state index in [-0.39, 0.29) is 15.0 Å². The van der Waals surface area contributed by atoms with Gasteiger partial charge in [-0.05, 0) is 0 Å². The van der Waals surface area contributed by atoms with Crippen molar-refractivity contribution in [2.75, 3.05) is 0 Å². The van der Waals surface area contributed by atoms with Crippen LogP contribution >= 0.6 is 0 Å². The quantitative estimate of drug-likeness (QED) is 0.512. The molecule has 0 saturated carbocycles. The summed E-state index contributed by atoms with van der Waals surface area (Å²) in [4.78, 5) is 4.89.